The van der Waals surface area contributed by atoms with Crippen molar-refractivity contribution in [3.8, 4) is 0 Å². The van der Waals surface area contributed by atoms with E-state index in [0.29, 0.717) is 12.4 Å². The van der Waals surface area contributed by atoms with Gasteiger partial charge >= 0.3 is 6.18 Å². The monoisotopic (exact) mass is 461 g/mol. The minimum absolute atomic E-state index is 0.00688. The van der Waals surface area contributed by atoms with E-state index in [1.165, 1.54) is 0 Å². The molecule has 1 aromatic heterocycles. The van der Waals surface area contributed by atoms with Gasteiger partial charge in [-0.25, -0.2) is 0 Å². The van der Waals surface area contributed by atoms with Crippen LogP contribution in [0.3, 0.4) is 0 Å². The molecule has 0 radical (unpaired) electrons. The molecule has 1 saturated heterocycles. The summed E-state index contributed by atoms with van der Waals surface area (Å²) in [6.45, 7) is 5.35. The maximum atomic E-state index is 13.4. The fourth-order valence-corrected chi connectivity index (χ4v) is 5.09. The van der Waals surface area contributed by atoms with Crippen molar-refractivity contribution in [2.24, 2.45) is 5.92 Å². The standard InChI is InChI=1S/C23H26F3N5O2/c1-2-30-11-7-15(8-12-30)21(33)31-13-17-18(22(31)9-10-22)28-29-19(17)27-20(32)14-3-5-16(6-4-14)23(24,25)26/h3-6,15H,2,7-13H2,1H3,(H2,27,28,29,32). The van der Waals surface area contributed by atoms with E-state index >= 15 is 0 Å². The van der Waals surface area contributed by atoms with Gasteiger partial charge in [-0.2, -0.15) is 18.3 Å². The fraction of sp³-hybridized carbons (Fsp3) is 0.522. The van der Waals surface area contributed by atoms with Crippen LogP contribution in [0, 0.1) is 5.92 Å². The third-order valence-corrected chi connectivity index (χ3v) is 7.25. The highest BCUT2D eigenvalue weighted by atomic mass is 19.4. The molecule has 0 bridgehead atoms. The highest BCUT2D eigenvalue weighted by Crippen LogP contribution is 2.57. The maximum Gasteiger partial charge on any atom is 0.416 e. The second-order valence-corrected chi connectivity index (χ2v) is 9.12. The molecule has 10 heteroatoms. The summed E-state index contributed by atoms with van der Waals surface area (Å²) in [7, 11) is 0. The molecule has 3 aliphatic rings. The first-order chi connectivity index (χ1) is 15.7. The zero-order valence-electron chi connectivity index (χ0n) is 18.3. The number of piperidine rings is 1. The van der Waals surface area contributed by atoms with E-state index in [0.717, 1.165) is 80.8 Å². The molecule has 2 N–H and O–H groups in total. The van der Waals surface area contributed by atoms with Gasteiger partial charge in [0.2, 0.25) is 5.91 Å². The summed E-state index contributed by atoms with van der Waals surface area (Å²) in [6, 6.07) is 4.05. The largest absolute Gasteiger partial charge is 0.416 e. The van der Waals surface area contributed by atoms with Crippen LogP contribution in [0.25, 0.3) is 0 Å². The number of benzene rings is 1. The van der Waals surface area contributed by atoms with Gasteiger partial charge < -0.3 is 15.1 Å². The Morgan fingerprint density at radius 1 is 1.18 bits per heavy atom. The van der Waals surface area contributed by atoms with Crippen molar-refractivity contribution in [1.29, 1.82) is 0 Å². The average molecular weight is 461 g/mol. The number of fused-ring (bicyclic) bond motifs is 2. The van der Waals surface area contributed by atoms with Crippen molar-refractivity contribution in [3.05, 3.63) is 46.6 Å². The molecule has 33 heavy (non-hydrogen) atoms. The van der Waals surface area contributed by atoms with Crippen LogP contribution in [0.2, 0.25) is 0 Å². The topological polar surface area (TPSA) is 81.3 Å². The highest BCUT2D eigenvalue weighted by molar-refractivity contribution is 6.04. The van der Waals surface area contributed by atoms with Crippen molar-refractivity contribution in [2.75, 3.05) is 25.0 Å². The number of alkyl halides is 3. The number of rotatable bonds is 4. The SMILES string of the molecule is CCN1CCC(C(=O)N2Cc3c(NC(=O)c4ccc(C(F)(F)F)cc4)n[nH]c3C23CC3)CC1. The lowest BCUT2D eigenvalue weighted by Crippen LogP contribution is -2.44. The molecule has 5 rings (SSSR count). The Morgan fingerprint density at radius 2 is 1.85 bits per heavy atom. The highest BCUT2D eigenvalue weighted by Gasteiger charge is 2.59. The zero-order valence-corrected chi connectivity index (χ0v) is 18.3. The first-order valence-corrected chi connectivity index (χ1v) is 11.3. The number of halogens is 3. The average Bonchev–Trinajstić information content (AvgIpc) is 3.41. The number of nitrogens with one attached hydrogen (secondary N) is 2. The van der Waals surface area contributed by atoms with Gasteiger partial charge in [-0.1, -0.05) is 6.92 Å². The molecule has 176 valence electrons. The molecule has 0 unspecified atom stereocenters. The summed E-state index contributed by atoms with van der Waals surface area (Å²) in [5, 5.41) is 9.96. The second kappa shape index (κ2) is 7.86. The summed E-state index contributed by atoms with van der Waals surface area (Å²) >= 11 is 0. The van der Waals surface area contributed by atoms with Crippen LogP contribution in [0.4, 0.5) is 19.0 Å². The van der Waals surface area contributed by atoms with Gasteiger partial charge in [0.25, 0.3) is 5.91 Å². The minimum Gasteiger partial charge on any atom is -0.327 e. The molecular weight excluding hydrogens is 435 g/mol. The number of amides is 2. The van der Waals surface area contributed by atoms with E-state index in [2.05, 4.69) is 27.3 Å². The number of aromatic amines is 1. The first-order valence-electron chi connectivity index (χ1n) is 11.3. The molecule has 1 aromatic carbocycles. The van der Waals surface area contributed by atoms with E-state index in [9.17, 15) is 22.8 Å². The van der Waals surface area contributed by atoms with Crippen molar-refractivity contribution in [2.45, 2.75) is 50.9 Å². The molecule has 1 aliphatic carbocycles. The lowest BCUT2D eigenvalue weighted by atomic mass is 9.94. The number of hydrogen-bond donors (Lipinski definition) is 2. The molecule has 3 heterocycles. The van der Waals surface area contributed by atoms with E-state index in [-0.39, 0.29) is 22.9 Å². The minimum atomic E-state index is -4.46. The van der Waals surface area contributed by atoms with Crippen LogP contribution >= 0.6 is 0 Å². The predicted octanol–water partition coefficient (Wildman–Crippen LogP) is 3.74. The van der Waals surface area contributed by atoms with Crippen LogP contribution < -0.4 is 5.32 Å². The van der Waals surface area contributed by atoms with Crippen LogP contribution in [-0.2, 0) is 23.1 Å². The summed E-state index contributed by atoms with van der Waals surface area (Å²) < 4.78 is 38.3. The van der Waals surface area contributed by atoms with Crippen molar-refractivity contribution in [1.82, 2.24) is 20.0 Å². The summed E-state index contributed by atoms with van der Waals surface area (Å²) in [5.41, 5.74) is 0.582. The van der Waals surface area contributed by atoms with Gasteiger partial charge in [-0.05, 0) is 69.6 Å². The molecule has 2 aromatic rings. The maximum absolute atomic E-state index is 13.4. The molecule has 1 spiro atoms. The van der Waals surface area contributed by atoms with E-state index in [1.807, 2.05) is 4.90 Å². The van der Waals surface area contributed by atoms with Crippen LogP contribution in [0.15, 0.2) is 24.3 Å². The Kier molecular flexibility index (Phi) is 5.23. The van der Waals surface area contributed by atoms with E-state index in [1.54, 1.807) is 0 Å². The summed E-state index contributed by atoms with van der Waals surface area (Å²) in [5.74, 6) is -0.0443. The summed E-state index contributed by atoms with van der Waals surface area (Å²) in [4.78, 5) is 30.3. The predicted molar refractivity (Wildman–Crippen MR) is 114 cm³/mol. The van der Waals surface area contributed by atoms with E-state index in [4.69, 9.17) is 0 Å². The number of aromatic nitrogens is 2. The molecule has 2 fully saturated rings. The lowest BCUT2D eigenvalue weighted by Gasteiger charge is -2.34. The third kappa shape index (κ3) is 3.80. The van der Waals surface area contributed by atoms with Gasteiger partial charge in [0, 0.05) is 17.0 Å². The zero-order chi connectivity index (χ0) is 23.4. The Bertz CT molecular complexity index is 1070. The number of H-pyrrole nitrogens is 1. The van der Waals surface area contributed by atoms with Gasteiger partial charge in [0.05, 0.1) is 23.3 Å². The quantitative estimate of drug-likeness (QED) is 0.727. The molecule has 7 nitrogen and oxygen atoms in total. The number of anilines is 1. The molecule has 2 aliphatic heterocycles. The number of carbonyl (C=O) groups excluding carboxylic acids is 2. The lowest BCUT2D eigenvalue weighted by molar-refractivity contribution is -0.140. The Morgan fingerprint density at radius 3 is 2.42 bits per heavy atom. The smallest absolute Gasteiger partial charge is 0.327 e. The van der Waals surface area contributed by atoms with Crippen LogP contribution in [0.1, 0.15) is 59.8 Å². The van der Waals surface area contributed by atoms with Crippen LogP contribution in [-0.4, -0.2) is 51.4 Å². The number of hydrogen-bond acceptors (Lipinski definition) is 4. The van der Waals surface area contributed by atoms with E-state index < -0.39 is 17.6 Å². The summed E-state index contributed by atoms with van der Waals surface area (Å²) in [6.07, 6.45) is -1.05. The number of carbonyl (C=O) groups is 2. The van der Waals surface area contributed by atoms with Crippen molar-refractivity contribution in [3.63, 3.8) is 0 Å². The normalized spacial score (nSPS) is 20.2. The van der Waals surface area contributed by atoms with Gasteiger partial charge in [-0.3, -0.25) is 14.7 Å². The molecule has 2 amide bonds. The fourth-order valence-electron chi connectivity index (χ4n) is 5.09. The molecule has 0 atom stereocenters. The van der Waals surface area contributed by atoms with Crippen LogP contribution in [0.5, 0.6) is 0 Å². The second-order valence-electron chi connectivity index (χ2n) is 9.12. The Labute approximate surface area is 189 Å². The number of nitrogens with zero attached hydrogens (tertiary/aromatic N) is 3. The number of likely N-dealkylation sites (tertiary alicyclic amines) is 1. The van der Waals surface area contributed by atoms with Crippen molar-refractivity contribution >= 4 is 17.6 Å². The van der Waals surface area contributed by atoms with Gasteiger partial charge in [0.1, 0.15) is 0 Å². The van der Waals surface area contributed by atoms with Gasteiger partial charge in [-0.15, -0.1) is 0 Å². The molecular formula is C23H26F3N5O2. The van der Waals surface area contributed by atoms with Crippen molar-refractivity contribution < 1.29 is 22.8 Å². The van der Waals surface area contributed by atoms with Gasteiger partial charge in [0.15, 0.2) is 5.82 Å². The molecule has 1 saturated carbocycles. The Hall–Kier alpha value is -2.88. The first kappa shape index (κ1) is 21.9. The Balaban J connectivity index is 1.30. The third-order valence-electron chi connectivity index (χ3n) is 7.25.